The Morgan fingerprint density at radius 1 is 1.00 bits per heavy atom. The molecule has 2 nitrogen and oxygen atoms in total. The molecule has 0 aliphatic carbocycles. The number of rotatable bonds is 3. The number of hydrogen-bond donors (Lipinski definition) is 0. The van der Waals surface area contributed by atoms with E-state index >= 15 is 0 Å². The summed E-state index contributed by atoms with van der Waals surface area (Å²) in [7, 11) is 0. The van der Waals surface area contributed by atoms with Crippen LogP contribution in [-0.4, -0.2) is 9.59 Å². The molecule has 0 spiro atoms. The first-order valence-electron chi connectivity index (χ1n) is 5.74. The van der Waals surface area contributed by atoms with Crippen molar-refractivity contribution in [3.63, 3.8) is 0 Å². The van der Waals surface area contributed by atoms with Crippen molar-refractivity contribution in [1.82, 2.24) is 9.59 Å². The molecular weight excluding hydrogens is 359 g/mol. The van der Waals surface area contributed by atoms with Gasteiger partial charge in [0.15, 0.2) is 0 Å². The van der Waals surface area contributed by atoms with Crippen molar-refractivity contribution in [1.29, 1.82) is 0 Å². The Morgan fingerprint density at radius 2 is 1.70 bits per heavy atom. The fourth-order valence-corrected chi connectivity index (χ4v) is 3.63. The third-order valence-electron chi connectivity index (χ3n) is 2.60. The maximum atomic E-state index is 13.0. The average molecular weight is 367 g/mol. The molecule has 0 fully saturated rings. The second-order valence-electron chi connectivity index (χ2n) is 3.97. The predicted molar refractivity (Wildman–Crippen MR) is 83.6 cm³/mol. The van der Waals surface area contributed by atoms with Crippen LogP contribution in [0.3, 0.4) is 0 Å². The Balaban J connectivity index is 1.90. The Kier molecular flexibility index (Phi) is 4.14. The summed E-state index contributed by atoms with van der Waals surface area (Å²) >= 11 is 6.37. The highest BCUT2D eigenvalue weighted by Gasteiger charge is 2.12. The van der Waals surface area contributed by atoms with E-state index in [1.54, 1.807) is 23.9 Å². The summed E-state index contributed by atoms with van der Waals surface area (Å²) in [6.45, 7) is 0. The molecule has 0 N–H and O–H groups in total. The van der Waals surface area contributed by atoms with Crippen LogP contribution in [0.2, 0.25) is 0 Å². The lowest BCUT2D eigenvalue weighted by molar-refractivity contribution is 0.628. The molecule has 0 amide bonds. The molecule has 0 unspecified atom stereocenters. The average Bonchev–Trinajstić information content (AvgIpc) is 2.90. The molecule has 0 aliphatic heterocycles. The molecule has 3 aromatic rings. The zero-order valence-electron chi connectivity index (χ0n) is 10.1. The van der Waals surface area contributed by atoms with Gasteiger partial charge in [0.25, 0.3) is 0 Å². The van der Waals surface area contributed by atoms with Crippen LogP contribution < -0.4 is 0 Å². The predicted octanol–water partition coefficient (Wildman–Crippen LogP) is 5.26. The number of benzene rings is 2. The van der Waals surface area contributed by atoms with Crippen molar-refractivity contribution < 1.29 is 4.39 Å². The van der Waals surface area contributed by atoms with Crippen LogP contribution in [0.25, 0.3) is 11.3 Å². The molecule has 100 valence electrons. The van der Waals surface area contributed by atoms with Crippen molar-refractivity contribution in [3.8, 4) is 11.3 Å². The van der Waals surface area contributed by atoms with Gasteiger partial charge in [0.2, 0.25) is 0 Å². The molecule has 0 radical (unpaired) electrons. The van der Waals surface area contributed by atoms with Crippen molar-refractivity contribution in [2.24, 2.45) is 0 Å². The van der Waals surface area contributed by atoms with Gasteiger partial charge >= 0.3 is 0 Å². The minimum Gasteiger partial charge on any atom is -0.207 e. The largest absolute Gasteiger partial charge is 0.207 e. The summed E-state index contributed by atoms with van der Waals surface area (Å²) in [5, 5.41) is 4.15. The van der Waals surface area contributed by atoms with Gasteiger partial charge in [-0.25, -0.2) is 4.39 Å². The molecule has 20 heavy (non-hydrogen) atoms. The van der Waals surface area contributed by atoms with Crippen LogP contribution in [0.5, 0.6) is 0 Å². The fraction of sp³-hybridized carbons (Fsp3) is 0. The molecule has 0 bridgehead atoms. The van der Waals surface area contributed by atoms with E-state index in [0.29, 0.717) is 0 Å². The molecule has 1 heterocycles. The van der Waals surface area contributed by atoms with Crippen molar-refractivity contribution in [3.05, 3.63) is 58.8 Å². The van der Waals surface area contributed by atoms with Gasteiger partial charge in [-0.3, -0.25) is 0 Å². The van der Waals surface area contributed by atoms with Gasteiger partial charge in [0.05, 0.1) is 0 Å². The van der Waals surface area contributed by atoms with E-state index in [1.165, 1.54) is 23.7 Å². The lowest BCUT2D eigenvalue weighted by atomic mass is 10.2. The highest BCUT2D eigenvalue weighted by molar-refractivity contribution is 9.10. The van der Waals surface area contributed by atoms with Crippen LogP contribution in [-0.2, 0) is 0 Å². The normalized spacial score (nSPS) is 10.7. The van der Waals surface area contributed by atoms with E-state index in [1.807, 2.05) is 24.3 Å². The summed E-state index contributed by atoms with van der Waals surface area (Å²) in [5.74, 6) is -0.251. The summed E-state index contributed by atoms with van der Waals surface area (Å²) in [6, 6.07) is 14.4. The third-order valence-corrected chi connectivity index (χ3v) is 5.01. The van der Waals surface area contributed by atoms with Gasteiger partial charge in [0.1, 0.15) is 15.7 Å². The molecule has 1 aromatic heterocycles. The fourth-order valence-electron chi connectivity index (χ4n) is 1.64. The van der Waals surface area contributed by atoms with Crippen LogP contribution in [0.15, 0.2) is 62.1 Å². The van der Waals surface area contributed by atoms with E-state index < -0.39 is 0 Å². The maximum absolute atomic E-state index is 13.0. The van der Waals surface area contributed by atoms with E-state index in [4.69, 9.17) is 0 Å². The van der Waals surface area contributed by atoms with E-state index in [9.17, 15) is 4.39 Å². The monoisotopic (exact) mass is 366 g/mol. The topological polar surface area (TPSA) is 25.8 Å². The highest BCUT2D eigenvalue weighted by Crippen LogP contribution is 2.37. The van der Waals surface area contributed by atoms with Gasteiger partial charge in [-0.2, -0.15) is 0 Å². The molecule has 0 aliphatic rings. The van der Waals surface area contributed by atoms with Crippen molar-refractivity contribution in [2.75, 3.05) is 0 Å². The molecule has 0 saturated carbocycles. The second-order valence-corrected chi connectivity index (χ2v) is 6.98. The summed E-state index contributed by atoms with van der Waals surface area (Å²) < 4.78 is 19.0. The minimum absolute atomic E-state index is 0.251. The standard InChI is InChI=1S/C14H8BrFN2S2/c15-10-3-7-12(8-4-10)19-14-13(17-18-20-14)9-1-5-11(16)6-2-9/h1-8H. The Morgan fingerprint density at radius 3 is 2.40 bits per heavy atom. The summed E-state index contributed by atoms with van der Waals surface area (Å²) in [6.07, 6.45) is 0. The van der Waals surface area contributed by atoms with Gasteiger partial charge in [-0.1, -0.05) is 32.2 Å². The second kappa shape index (κ2) is 6.03. The zero-order valence-corrected chi connectivity index (χ0v) is 13.3. The van der Waals surface area contributed by atoms with Gasteiger partial charge in [0, 0.05) is 14.9 Å². The SMILES string of the molecule is Fc1ccc(-c2nnsc2Sc2ccc(Br)cc2)cc1. The molecular formula is C14H8BrFN2S2. The maximum Gasteiger partial charge on any atom is 0.123 e. The van der Waals surface area contributed by atoms with E-state index in [-0.39, 0.29) is 5.82 Å². The summed E-state index contributed by atoms with van der Waals surface area (Å²) in [4.78, 5) is 1.11. The minimum atomic E-state index is -0.251. The van der Waals surface area contributed by atoms with Gasteiger partial charge in [-0.15, -0.1) is 5.10 Å². The smallest absolute Gasteiger partial charge is 0.123 e. The molecule has 6 heteroatoms. The van der Waals surface area contributed by atoms with Gasteiger partial charge < -0.3 is 0 Å². The number of aromatic nitrogens is 2. The van der Waals surface area contributed by atoms with Crippen LogP contribution in [0.1, 0.15) is 0 Å². The quantitative estimate of drug-likeness (QED) is 0.632. The van der Waals surface area contributed by atoms with E-state index in [0.717, 1.165) is 24.8 Å². The first kappa shape index (κ1) is 13.7. The molecule has 2 aromatic carbocycles. The van der Waals surface area contributed by atoms with Crippen LogP contribution in [0, 0.1) is 5.82 Å². The lowest BCUT2D eigenvalue weighted by Crippen LogP contribution is -1.81. The Hall–Kier alpha value is -1.24. The van der Waals surface area contributed by atoms with Crippen molar-refractivity contribution in [2.45, 2.75) is 9.10 Å². The highest BCUT2D eigenvalue weighted by atomic mass is 79.9. The van der Waals surface area contributed by atoms with Gasteiger partial charge in [-0.05, 0) is 60.1 Å². The summed E-state index contributed by atoms with van der Waals surface area (Å²) in [5.41, 5.74) is 1.67. The lowest BCUT2D eigenvalue weighted by Gasteiger charge is -2.02. The Bertz CT molecular complexity index is 711. The Labute approximate surface area is 132 Å². The van der Waals surface area contributed by atoms with E-state index in [2.05, 4.69) is 25.5 Å². The number of halogens is 2. The first-order chi connectivity index (χ1) is 9.72. The first-order valence-corrected chi connectivity index (χ1v) is 8.12. The number of hydrogen-bond acceptors (Lipinski definition) is 4. The third kappa shape index (κ3) is 3.08. The molecule has 0 saturated heterocycles. The number of nitrogens with zero attached hydrogens (tertiary/aromatic N) is 2. The zero-order chi connectivity index (χ0) is 13.9. The van der Waals surface area contributed by atoms with Crippen LogP contribution in [0.4, 0.5) is 4.39 Å². The molecule has 3 rings (SSSR count). The van der Waals surface area contributed by atoms with Crippen molar-refractivity contribution >= 4 is 39.2 Å². The van der Waals surface area contributed by atoms with Crippen LogP contribution >= 0.6 is 39.2 Å². The molecule has 0 atom stereocenters.